The van der Waals surface area contributed by atoms with Crippen molar-refractivity contribution in [1.82, 2.24) is 14.5 Å². The number of amides is 1. The highest BCUT2D eigenvalue weighted by Crippen LogP contribution is 2.43. The van der Waals surface area contributed by atoms with Gasteiger partial charge >= 0.3 is 0 Å². The van der Waals surface area contributed by atoms with Gasteiger partial charge < -0.3 is 19.9 Å². The molecule has 2 aliphatic rings. The van der Waals surface area contributed by atoms with Crippen molar-refractivity contribution in [2.45, 2.75) is 24.8 Å². The summed E-state index contributed by atoms with van der Waals surface area (Å²) in [7, 11) is 1.66. The van der Waals surface area contributed by atoms with Gasteiger partial charge in [-0.1, -0.05) is 18.2 Å². The first-order valence-corrected chi connectivity index (χ1v) is 10.7. The van der Waals surface area contributed by atoms with Gasteiger partial charge in [0.15, 0.2) is 0 Å². The number of carbonyl (C=O) groups is 1. The summed E-state index contributed by atoms with van der Waals surface area (Å²) in [5, 5.41) is 0. The number of rotatable bonds is 5. The largest absolute Gasteiger partial charge is 0.497 e. The Morgan fingerprint density at radius 2 is 2.03 bits per heavy atom. The number of carbonyl (C=O) groups excluding carboxylic acids is 1. The standard InChI is InChI=1S/C24H25N5O3/c1-32-18-5-2-4-15(8-18)9-21-17-10-16(20-6-3-7-23(30)29(20)21)13-28(14-17)22-12-26-11-19(27-22)24(25)31/h2-8,11-12,16-17,21H,9-10,13-14H2,1H3,(H2,25,31)/t16-,17+,21+/m1/s1. The maximum Gasteiger partial charge on any atom is 0.268 e. The zero-order valence-corrected chi connectivity index (χ0v) is 17.8. The number of pyridine rings is 1. The number of ether oxygens (including phenoxy) is 1. The van der Waals surface area contributed by atoms with Gasteiger partial charge in [0.05, 0.1) is 19.5 Å². The molecule has 1 fully saturated rings. The Morgan fingerprint density at radius 3 is 2.84 bits per heavy atom. The summed E-state index contributed by atoms with van der Waals surface area (Å²) >= 11 is 0. The molecule has 5 rings (SSSR count). The monoisotopic (exact) mass is 431 g/mol. The molecule has 0 spiro atoms. The van der Waals surface area contributed by atoms with Crippen LogP contribution in [-0.2, 0) is 6.42 Å². The Labute approximate surface area is 185 Å². The number of fused-ring (bicyclic) bond motifs is 4. The minimum atomic E-state index is -0.593. The van der Waals surface area contributed by atoms with E-state index in [1.54, 1.807) is 19.4 Å². The van der Waals surface area contributed by atoms with Gasteiger partial charge in [-0.3, -0.25) is 14.6 Å². The van der Waals surface area contributed by atoms with E-state index in [4.69, 9.17) is 10.5 Å². The third kappa shape index (κ3) is 3.62. The van der Waals surface area contributed by atoms with Crippen molar-refractivity contribution in [3.05, 3.63) is 82.2 Å². The van der Waals surface area contributed by atoms with Gasteiger partial charge in [0.2, 0.25) is 0 Å². The van der Waals surface area contributed by atoms with Crippen LogP contribution in [0, 0.1) is 5.92 Å². The van der Waals surface area contributed by atoms with E-state index in [0.29, 0.717) is 12.4 Å². The lowest BCUT2D eigenvalue weighted by Gasteiger charge is -2.47. The van der Waals surface area contributed by atoms with Gasteiger partial charge in [-0.05, 0) is 42.5 Å². The minimum absolute atomic E-state index is 0.0112. The lowest BCUT2D eigenvalue weighted by Crippen LogP contribution is -2.50. The number of hydrogen-bond acceptors (Lipinski definition) is 6. The summed E-state index contributed by atoms with van der Waals surface area (Å²) in [5.41, 5.74) is 7.77. The molecule has 3 aromatic rings. The van der Waals surface area contributed by atoms with Crippen LogP contribution in [0.15, 0.2) is 59.7 Å². The van der Waals surface area contributed by atoms with Crippen molar-refractivity contribution < 1.29 is 9.53 Å². The average Bonchev–Trinajstić information content (AvgIpc) is 2.82. The molecule has 0 aliphatic carbocycles. The van der Waals surface area contributed by atoms with Crippen LogP contribution >= 0.6 is 0 Å². The fourth-order valence-electron chi connectivity index (χ4n) is 5.16. The van der Waals surface area contributed by atoms with Crippen molar-refractivity contribution >= 4 is 11.7 Å². The van der Waals surface area contributed by atoms with E-state index in [1.807, 2.05) is 28.8 Å². The highest BCUT2D eigenvalue weighted by atomic mass is 16.5. The first-order chi connectivity index (χ1) is 15.5. The third-order valence-electron chi connectivity index (χ3n) is 6.58. The molecule has 8 nitrogen and oxygen atoms in total. The van der Waals surface area contributed by atoms with Gasteiger partial charge in [-0.25, -0.2) is 4.98 Å². The lowest BCUT2D eigenvalue weighted by atomic mass is 9.76. The minimum Gasteiger partial charge on any atom is -0.497 e. The van der Waals surface area contributed by atoms with E-state index >= 15 is 0 Å². The van der Waals surface area contributed by atoms with E-state index in [0.717, 1.165) is 36.4 Å². The molecular formula is C24H25N5O3. The molecule has 3 atom stereocenters. The second-order valence-electron chi connectivity index (χ2n) is 8.51. The van der Waals surface area contributed by atoms with E-state index in [9.17, 15) is 9.59 Å². The van der Waals surface area contributed by atoms with Crippen LogP contribution in [0.4, 0.5) is 5.82 Å². The summed E-state index contributed by atoms with van der Waals surface area (Å²) in [5.74, 6) is 1.29. The number of aromatic nitrogens is 3. The molecule has 0 saturated carbocycles. The lowest BCUT2D eigenvalue weighted by molar-refractivity contribution is 0.0995. The van der Waals surface area contributed by atoms with Crippen molar-refractivity contribution in [3.8, 4) is 5.75 Å². The number of benzene rings is 1. The van der Waals surface area contributed by atoms with Crippen LogP contribution in [0.3, 0.4) is 0 Å². The Balaban J connectivity index is 1.53. The van der Waals surface area contributed by atoms with Crippen molar-refractivity contribution in [3.63, 3.8) is 0 Å². The van der Waals surface area contributed by atoms with Gasteiger partial charge in [0.1, 0.15) is 17.3 Å². The quantitative estimate of drug-likeness (QED) is 0.664. The van der Waals surface area contributed by atoms with Crippen LogP contribution in [0.1, 0.15) is 40.1 Å². The topological polar surface area (TPSA) is 103 Å². The van der Waals surface area contributed by atoms with Crippen LogP contribution in [0.2, 0.25) is 0 Å². The molecule has 1 aromatic carbocycles. The Kier molecular flexibility index (Phi) is 5.13. The SMILES string of the molecule is COc1cccc(C[C@H]2[C@H]3C[C@H](CN(c4cncc(C(N)=O)n4)C3)c3cccc(=O)n32)c1. The summed E-state index contributed by atoms with van der Waals surface area (Å²) in [6, 6.07) is 13.5. The highest BCUT2D eigenvalue weighted by molar-refractivity contribution is 5.90. The molecule has 0 radical (unpaired) electrons. The van der Waals surface area contributed by atoms with Crippen LogP contribution in [-0.4, -0.2) is 40.6 Å². The molecule has 32 heavy (non-hydrogen) atoms. The molecule has 2 N–H and O–H groups in total. The summed E-state index contributed by atoms with van der Waals surface area (Å²) in [6.07, 6.45) is 4.78. The van der Waals surface area contributed by atoms with Gasteiger partial charge in [0.25, 0.3) is 11.5 Å². The normalized spacial score (nSPS) is 21.7. The molecule has 164 valence electrons. The molecule has 1 amide bonds. The number of hydrogen-bond donors (Lipinski definition) is 1. The van der Waals surface area contributed by atoms with E-state index < -0.39 is 5.91 Å². The number of methoxy groups -OCH3 is 1. The smallest absolute Gasteiger partial charge is 0.268 e. The van der Waals surface area contributed by atoms with Gasteiger partial charge in [-0.15, -0.1) is 0 Å². The van der Waals surface area contributed by atoms with Crippen LogP contribution < -0.4 is 20.9 Å². The Morgan fingerprint density at radius 1 is 1.19 bits per heavy atom. The van der Waals surface area contributed by atoms with E-state index in [-0.39, 0.29) is 29.1 Å². The molecule has 2 bridgehead atoms. The van der Waals surface area contributed by atoms with Gasteiger partial charge in [-0.2, -0.15) is 0 Å². The molecule has 2 aromatic heterocycles. The zero-order chi connectivity index (χ0) is 22.2. The first-order valence-electron chi connectivity index (χ1n) is 10.7. The van der Waals surface area contributed by atoms with Crippen LogP contribution in [0.5, 0.6) is 5.75 Å². The molecular weight excluding hydrogens is 406 g/mol. The fourth-order valence-corrected chi connectivity index (χ4v) is 5.16. The van der Waals surface area contributed by atoms with Crippen molar-refractivity contribution in [2.75, 3.05) is 25.1 Å². The summed E-state index contributed by atoms with van der Waals surface area (Å²) < 4.78 is 7.38. The predicted octanol–water partition coefficient (Wildman–Crippen LogP) is 2.15. The van der Waals surface area contributed by atoms with Crippen LogP contribution in [0.25, 0.3) is 0 Å². The number of primary amides is 1. The predicted molar refractivity (Wildman–Crippen MR) is 120 cm³/mol. The first kappa shape index (κ1) is 20.2. The zero-order valence-electron chi connectivity index (χ0n) is 17.8. The fraction of sp³-hybridized carbons (Fsp3) is 0.333. The Hall–Kier alpha value is -3.68. The highest BCUT2D eigenvalue weighted by Gasteiger charge is 2.41. The molecule has 8 heteroatoms. The Bertz CT molecular complexity index is 1220. The van der Waals surface area contributed by atoms with E-state index in [2.05, 4.69) is 27.0 Å². The summed E-state index contributed by atoms with van der Waals surface area (Å²) in [6.45, 7) is 1.44. The number of piperidine rings is 1. The molecule has 1 saturated heterocycles. The second kappa shape index (κ2) is 8.11. The maximum atomic E-state index is 12.9. The van der Waals surface area contributed by atoms with Gasteiger partial charge in [0, 0.05) is 36.8 Å². The second-order valence-corrected chi connectivity index (χ2v) is 8.51. The van der Waals surface area contributed by atoms with E-state index in [1.165, 1.54) is 6.20 Å². The molecule has 2 aliphatic heterocycles. The number of nitrogens with two attached hydrogens (primary N) is 1. The molecule has 0 unspecified atom stereocenters. The maximum absolute atomic E-state index is 12.9. The molecule has 4 heterocycles. The van der Waals surface area contributed by atoms with Crippen molar-refractivity contribution in [2.24, 2.45) is 11.7 Å². The summed E-state index contributed by atoms with van der Waals surface area (Å²) in [4.78, 5) is 35.3. The van der Waals surface area contributed by atoms with Crippen molar-refractivity contribution in [1.29, 1.82) is 0 Å². The number of anilines is 1. The number of nitrogens with zero attached hydrogens (tertiary/aromatic N) is 4. The average molecular weight is 431 g/mol. The third-order valence-corrected chi connectivity index (χ3v) is 6.58.